The molecule has 2 aliphatic rings. The molecule has 1 saturated carbocycles. The summed E-state index contributed by atoms with van der Waals surface area (Å²) in [6.07, 6.45) is 7.94. The maximum atomic E-state index is 12.0. The van der Waals surface area contributed by atoms with Crippen LogP contribution in [0.2, 0.25) is 0 Å². The zero-order valence-electron chi connectivity index (χ0n) is 17.5. The number of benzene rings is 1. The van der Waals surface area contributed by atoms with Crippen molar-refractivity contribution in [2.45, 2.75) is 37.5 Å². The molecule has 1 saturated heterocycles. The second kappa shape index (κ2) is 8.29. The van der Waals surface area contributed by atoms with Gasteiger partial charge in [-0.05, 0) is 43.9 Å². The summed E-state index contributed by atoms with van der Waals surface area (Å²) in [6.45, 7) is 2.09. The van der Waals surface area contributed by atoms with E-state index in [1.807, 2.05) is 12.1 Å². The normalized spacial score (nSPS) is 17.0. The Morgan fingerprint density at radius 3 is 2.77 bits per heavy atom. The van der Waals surface area contributed by atoms with Gasteiger partial charge in [0.2, 0.25) is 0 Å². The van der Waals surface area contributed by atoms with E-state index in [-0.39, 0.29) is 0 Å². The molecular formula is C22H25N7OS. The predicted molar refractivity (Wildman–Crippen MR) is 123 cm³/mol. The van der Waals surface area contributed by atoms with Gasteiger partial charge in [0.15, 0.2) is 5.65 Å². The van der Waals surface area contributed by atoms with E-state index in [2.05, 4.69) is 43.8 Å². The summed E-state index contributed by atoms with van der Waals surface area (Å²) in [4.78, 5) is 7.01. The summed E-state index contributed by atoms with van der Waals surface area (Å²) in [7, 11) is 0. The molecule has 0 radical (unpaired) electrons. The minimum absolute atomic E-state index is 0.439. The molecule has 2 aromatic heterocycles. The molecule has 31 heavy (non-hydrogen) atoms. The predicted octanol–water partition coefficient (Wildman–Crippen LogP) is 3.40. The summed E-state index contributed by atoms with van der Waals surface area (Å²) in [5, 5.41) is 20.6. The van der Waals surface area contributed by atoms with E-state index >= 15 is 0 Å². The van der Waals surface area contributed by atoms with Gasteiger partial charge in [-0.15, -0.1) is 0 Å². The van der Waals surface area contributed by atoms with Crippen LogP contribution in [0.1, 0.15) is 36.8 Å². The summed E-state index contributed by atoms with van der Waals surface area (Å²) < 4.78 is 13.7. The number of anilines is 4. The van der Waals surface area contributed by atoms with Gasteiger partial charge in [-0.3, -0.25) is 0 Å². The van der Waals surface area contributed by atoms with Gasteiger partial charge in [-0.2, -0.15) is 14.9 Å². The third-order valence-electron chi connectivity index (χ3n) is 5.68. The standard InChI is InChI=1S/C22H25N7OS/c1-31(30)14-15-10-18(6-7-19(15)28-8-2-3-9-28)25-20-11-21(26-17-4-5-17)29-22(27-20)16(12-23)13-24-29/h6-7,10-11,13,17,26H,2-5,8-9,14H2,1H3,(H,25,27). The largest absolute Gasteiger partial charge is 0.616 e. The maximum absolute atomic E-state index is 12.0. The lowest BCUT2D eigenvalue weighted by molar-refractivity contribution is 0.600. The number of rotatable bonds is 7. The van der Waals surface area contributed by atoms with E-state index in [0.717, 1.165) is 43.0 Å². The molecule has 9 heteroatoms. The van der Waals surface area contributed by atoms with E-state index in [0.29, 0.717) is 28.8 Å². The van der Waals surface area contributed by atoms with E-state index in [1.165, 1.54) is 18.5 Å². The number of nitriles is 1. The highest BCUT2D eigenvalue weighted by atomic mass is 32.2. The van der Waals surface area contributed by atoms with Crippen molar-refractivity contribution in [3.8, 4) is 6.07 Å². The Labute approximate surface area is 184 Å². The summed E-state index contributed by atoms with van der Waals surface area (Å²) in [5.74, 6) is 1.98. The van der Waals surface area contributed by atoms with Crippen molar-refractivity contribution in [2.24, 2.45) is 0 Å². The molecule has 0 spiro atoms. The zero-order valence-corrected chi connectivity index (χ0v) is 18.3. The van der Waals surface area contributed by atoms with Crippen molar-refractivity contribution >= 4 is 39.8 Å². The lowest BCUT2D eigenvalue weighted by Crippen LogP contribution is -2.20. The molecule has 0 bridgehead atoms. The summed E-state index contributed by atoms with van der Waals surface area (Å²) in [5.41, 5.74) is 4.09. The Balaban J connectivity index is 1.49. The highest BCUT2D eigenvalue weighted by molar-refractivity contribution is 7.89. The second-order valence-electron chi connectivity index (χ2n) is 8.23. The zero-order chi connectivity index (χ0) is 21.4. The van der Waals surface area contributed by atoms with Crippen molar-refractivity contribution in [3.05, 3.63) is 41.6 Å². The Morgan fingerprint density at radius 2 is 2.06 bits per heavy atom. The first-order chi connectivity index (χ1) is 15.1. The van der Waals surface area contributed by atoms with Gasteiger partial charge in [0, 0.05) is 42.1 Å². The highest BCUT2D eigenvalue weighted by Gasteiger charge is 2.23. The first-order valence-electron chi connectivity index (χ1n) is 10.6. The first kappa shape index (κ1) is 20.0. The van der Waals surface area contributed by atoms with Gasteiger partial charge < -0.3 is 20.1 Å². The quantitative estimate of drug-likeness (QED) is 0.548. The van der Waals surface area contributed by atoms with Crippen LogP contribution in [-0.2, 0) is 16.9 Å². The lowest BCUT2D eigenvalue weighted by atomic mass is 10.1. The maximum Gasteiger partial charge on any atom is 0.177 e. The Bertz CT molecular complexity index is 1140. The van der Waals surface area contributed by atoms with Crippen LogP contribution >= 0.6 is 0 Å². The Kier molecular flexibility index (Phi) is 5.34. The fourth-order valence-electron chi connectivity index (χ4n) is 4.06. The van der Waals surface area contributed by atoms with Crippen molar-refractivity contribution in [3.63, 3.8) is 0 Å². The van der Waals surface area contributed by atoms with Crippen molar-refractivity contribution in [2.75, 3.05) is 34.9 Å². The van der Waals surface area contributed by atoms with Crippen molar-refractivity contribution in [1.82, 2.24) is 14.6 Å². The van der Waals surface area contributed by atoms with E-state index in [9.17, 15) is 9.81 Å². The topological polar surface area (TPSA) is 104 Å². The number of fused-ring (bicyclic) bond motifs is 1. The number of hydrogen-bond acceptors (Lipinski definition) is 7. The number of hydrogen-bond donors (Lipinski definition) is 2. The van der Waals surface area contributed by atoms with Gasteiger partial charge >= 0.3 is 0 Å². The average Bonchev–Trinajstić information content (AvgIpc) is 3.23. The molecule has 160 valence electrons. The minimum atomic E-state index is -0.930. The van der Waals surface area contributed by atoms with Crippen LogP contribution in [0.5, 0.6) is 0 Å². The molecule has 2 N–H and O–H groups in total. The van der Waals surface area contributed by atoms with E-state index < -0.39 is 11.2 Å². The molecule has 5 rings (SSSR count). The molecule has 3 heterocycles. The molecular weight excluding hydrogens is 410 g/mol. The van der Waals surface area contributed by atoms with E-state index in [1.54, 1.807) is 17.0 Å². The first-order valence-corrected chi connectivity index (χ1v) is 12.3. The highest BCUT2D eigenvalue weighted by Crippen LogP contribution is 2.31. The van der Waals surface area contributed by atoms with Crippen LogP contribution in [0, 0.1) is 11.3 Å². The van der Waals surface area contributed by atoms with Crippen LogP contribution in [-0.4, -0.2) is 44.5 Å². The summed E-state index contributed by atoms with van der Waals surface area (Å²) in [6, 6.07) is 10.7. The van der Waals surface area contributed by atoms with Crippen molar-refractivity contribution < 1.29 is 4.55 Å². The van der Waals surface area contributed by atoms with Crippen LogP contribution in [0.3, 0.4) is 0 Å². The molecule has 8 nitrogen and oxygen atoms in total. The fourth-order valence-corrected chi connectivity index (χ4v) is 4.73. The van der Waals surface area contributed by atoms with Gasteiger partial charge in [-0.25, -0.2) is 4.98 Å². The smallest absolute Gasteiger partial charge is 0.177 e. The number of aromatic nitrogens is 3. The SMILES string of the molecule is C[S+]([O-])Cc1cc(Nc2cc(NC3CC3)n3ncc(C#N)c3n2)ccc1N1CCCC1. The van der Waals surface area contributed by atoms with Gasteiger partial charge in [0.25, 0.3) is 0 Å². The van der Waals surface area contributed by atoms with Gasteiger partial charge in [-0.1, -0.05) is 11.2 Å². The monoisotopic (exact) mass is 435 g/mol. The van der Waals surface area contributed by atoms with E-state index in [4.69, 9.17) is 0 Å². The minimum Gasteiger partial charge on any atom is -0.616 e. The second-order valence-corrected chi connectivity index (χ2v) is 9.67. The molecule has 1 aromatic carbocycles. The fraction of sp³-hybridized carbons (Fsp3) is 0.409. The van der Waals surface area contributed by atoms with Crippen molar-refractivity contribution in [1.29, 1.82) is 5.26 Å². The molecule has 1 unspecified atom stereocenters. The van der Waals surface area contributed by atoms with Gasteiger partial charge in [0.05, 0.1) is 12.5 Å². The number of nitrogens with zero attached hydrogens (tertiary/aromatic N) is 5. The van der Waals surface area contributed by atoms with Crippen LogP contribution in [0.25, 0.3) is 5.65 Å². The van der Waals surface area contributed by atoms with Crippen LogP contribution < -0.4 is 15.5 Å². The van der Waals surface area contributed by atoms with Gasteiger partial charge in [0.1, 0.15) is 29.0 Å². The molecule has 0 amide bonds. The lowest BCUT2D eigenvalue weighted by Gasteiger charge is -2.22. The number of nitrogens with one attached hydrogen (secondary N) is 2. The third-order valence-corrected chi connectivity index (χ3v) is 6.40. The average molecular weight is 436 g/mol. The Hall–Kier alpha value is -2.96. The van der Waals surface area contributed by atoms with Crippen LogP contribution in [0.4, 0.5) is 23.0 Å². The third kappa shape index (κ3) is 4.27. The molecule has 3 aromatic rings. The Morgan fingerprint density at radius 1 is 1.26 bits per heavy atom. The van der Waals surface area contributed by atoms with Crippen LogP contribution in [0.15, 0.2) is 30.5 Å². The molecule has 2 fully saturated rings. The summed E-state index contributed by atoms with van der Waals surface area (Å²) >= 11 is -0.930. The molecule has 1 aliphatic heterocycles. The molecule has 1 aliphatic carbocycles. The molecule has 1 atom stereocenters.